The van der Waals surface area contributed by atoms with Crippen LogP contribution in [0.15, 0.2) is 36.4 Å². The third-order valence-corrected chi connectivity index (χ3v) is 17.5. The van der Waals surface area contributed by atoms with Gasteiger partial charge in [0, 0.05) is 62.6 Å². The molecule has 3 aromatic carbocycles. The molecular weight excluding hydrogens is 944 g/mol. The molecule has 0 aliphatic rings. The molecule has 0 unspecified atom stereocenters. The molecular formula is C60H81O6PS3. The van der Waals surface area contributed by atoms with Gasteiger partial charge in [-0.1, -0.05) is 125 Å². The van der Waals surface area contributed by atoms with Crippen molar-refractivity contribution in [3.63, 3.8) is 0 Å². The van der Waals surface area contributed by atoms with Crippen LogP contribution in [0.4, 0.5) is 0 Å². The zero-order valence-corrected chi connectivity index (χ0v) is 50.0. The Balaban J connectivity index is 1.61. The Kier molecular flexibility index (Phi) is 14.9. The highest BCUT2D eigenvalue weighted by Crippen LogP contribution is 2.56. The minimum Gasteiger partial charge on any atom is -0.506 e. The van der Waals surface area contributed by atoms with E-state index >= 15 is 0 Å². The van der Waals surface area contributed by atoms with E-state index in [9.17, 15) is 15.3 Å². The Morgan fingerprint density at radius 2 is 0.557 bits per heavy atom. The van der Waals surface area contributed by atoms with Crippen LogP contribution < -0.4 is 13.6 Å². The summed E-state index contributed by atoms with van der Waals surface area (Å²) in [6.45, 7) is 51.5. The molecule has 0 saturated heterocycles. The van der Waals surface area contributed by atoms with Crippen molar-refractivity contribution >= 4 is 42.6 Å². The number of aryl methyl sites for hydroxylation is 6. The van der Waals surface area contributed by atoms with Gasteiger partial charge in [-0.3, -0.25) is 0 Å². The second-order valence-corrected chi connectivity index (χ2v) is 30.3. The summed E-state index contributed by atoms with van der Waals surface area (Å²) in [4.78, 5) is 5.89. The summed E-state index contributed by atoms with van der Waals surface area (Å²) in [6.07, 6.45) is 0. The predicted molar refractivity (Wildman–Crippen MR) is 304 cm³/mol. The Hall–Kier alpha value is -4.01. The fourth-order valence-corrected chi connectivity index (χ4v) is 14.4. The number of hydrogen-bond acceptors (Lipinski definition) is 9. The fourth-order valence-electron chi connectivity index (χ4n) is 9.32. The van der Waals surface area contributed by atoms with Crippen molar-refractivity contribution in [3.8, 4) is 65.8 Å². The lowest BCUT2D eigenvalue weighted by Crippen LogP contribution is -2.18. The summed E-state index contributed by atoms with van der Waals surface area (Å²) in [7, 11) is -2.20. The lowest BCUT2D eigenvalue weighted by Gasteiger charge is -2.30. The molecule has 6 nitrogen and oxygen atoms in total. The topological polar surface area (TPSA) is 88.4 Å². The molecule has 3 N–H and O–H groups in total. The average molecular weight is 1030 g/mol. The average Bonchev–Trinajstić information content (AvgIpc) is 3.77. The molecule has 6 rings (SSSR count). The van der Waals surface area contributed by atoms with Crippen molar-refractivity contribution in [3.05, 3.63) is 101 Å². The van der Waals surface area contributed by atoms with Crippen LogP contribution in [0, 0.1) is 41.5 Å². The molecule has 0 fully saturated rings. The maximum Gasteiger partial charge on any atom is 0.530 e. The first-order chi connectivity index (χ1) is 31.7. The minimum absolute atomic E-state index is 0.283. The van der Waals surface area contributed by atoms with E-state index in [4.69, 9.17) is 13.6 Å². The normalized spacial score (nSPS) is 13.2. The third-order valence-electron chi connectivity index (χ3n) is 13.1. The van der Waals surface area contributed by atoms with Crippen LogP contribution in [-0.2, 0) is 32.5 Å². The summed E-state index contributed by atoms with van der Waals surface area (Å²) in [6, 6.07) is 13.1. The van der Waals surface area contributed by atoms with E-state index in [0.717, 1.165) is 96.0 Å². The fraction of sp³-hybridized carbons (Fsp3) is 0.500. The van der Waals surface area contributed by atoms with Crippen molar-refractivity contribution in [2.24, 2.45) is 0 Å². The van der Waals surface area contributed by atoms with Crippen molar-refractivity contribution < 1.29 is 28.9 Å². The van der Waals surface area contributed by atoms with Gasteiger partial charge in [0.1, 0.15) is 34.5 Å². The monoisotopic (exact) mass is 1020 g/mol. The smallest absolute Gasteiger partial charge is 0.506 e. The van der Waals surface area contributed by atoms with E-state index in [1.54, 1.807) is 34.0 Å². The van der Waals surface area contributed by atoms with Gasteiger partial charge in [-0.05, 0) is 144 Å². The van der Waals surface area contributed by atoms with Gasteiger partial charge < -0.3 is 28.9 Å². The maximum atomic E-state index is 11.4. The van der Waals surface area contributed by atoms with Crippen LogP contribution in [-0.4, -0.2) is 15.3 Å². The molecule has 0 radical (unpaired) electrons. The van der Waals surface area contributed by atoms with Gasteiger partial charge >= 0.3 is 8.60 Å². The molecule has 10 heteroatoms. The first kappa shape index (κ1) is 55.3. The van der Waals surface area contributed by atoms with Gasteiger partial charge in [-0.2, -0.15) is 0 Å². The van der Waals surface area contributed by atoms with Gasteiger partial charge in [0.05, 0.1) is 0 Å². The molecule has 0 spiro atoms. The number of hydrogen-bond donors (Lipinski definition) is 3. The molecule has 0 saturated carbocycles. The molecule has 0 bridgehead atoms. The number of rotatable bonds is 9. The van der Waals surface area contributed by atoms with Crippen molar-refractivity contribution in [2.75, 3.05) is 0 Å². The molecule has 380 valence electrons. The van der Waals surface area contributed by atoms with E-state index < -0.39 is 8.60 Å². The molecule has 0 amide bonds. The summed E-state index contributed by atoms with van der Waals surface area (Å²) in [5.74, 6) is 3.10. The maximum absolute atomic E-state index is 11.4. The third kappa shape index (κ3) is 11.0. The highest BCUT2D eigenvalue weighted by atomic mass is 32.1. The van der Waals surface area contributed by atoms with Gasteiger partial charge in [0.2, 0.25) is 0 Å². The SMILES string of the molecule is Cc1cc(OP(Oc2cc(C)c(-c3sc(C)c(O)c3C(C)(C)C)cc2C(C)(C)C)Oc2cc(C)c(-c3sc(C)c(O)c3C(C)(C)C)cc2C(C)(C)C)c(C(C)(C)C)cc1-c1sc(C)c(O)c1C(C)(C)C. The van der Waals surface area contributed by atoms with Crippen LogP contribution in [0.1, 0.15) is 189 Å². The number of thiophene rings is 3. The second kappa shape index (κ2) is 18.8. The largest absolute Gasteiger partial charge is 0.530 e. The zero-order chi connectivity index (χ0) is 52.9. The summed E-state index contributed by atoms with van der Waals surface area (Å²) >= 11 is 4.90. The Morgan fingerprint density at radius 1 is 0.343 bits per heavy atom. The quantitative estimate of drug-likeness (QED) is 0.125. The zero-order valence-electron chi connectivity index (χ0n) is 46.7. The lowest BCUT2D eigenvalue weighted by molar-refractivity contribution is 0.372. The molecule has 0 atom stereocenters. The van der Waals surface area contributed by atoms with E-state index in [1.165, 1.54) is 0 Å². The summed E-state index contributed by atoms with van der Waals surface area (Å²) < 4.78 is 21.9. The van der Waals surface area contributed by atoms with Crippen LogP contribution in [0.3, 0.4) is 0 Å². The standard InChI is InChI=1S/C60H81O6PS3/c1-31-25-43(40(55(7,8)9)28-37(31)52-46(58(16,17)18)49(61)34(4)68-52)64-67(65-44-26-32(2)38(29-41(44)56(10,11)12)53-47(59(19,20)21)50(62)35(5)69-53)66-45-27-33(3)39(30-42(45)57(13,14)15)54-48(60(22,23)24)51(63)36(6)70-54/h25-30,61-63H,1-24H3. The van der Waals surface area contributed by atoms with E-state index in [0.29, 0.717) is 34.5 Å². The highest BCUT2D eigenvalue weighted by Gasteiger charge is 2.36. The van der Waals surface area contributed by atoms with Crippen molar-refractivity contribution in [2.45, 2.75) is 199 Å². The van der Waals surface area contributed by atoms with Crippen LogP contribution in [0.25, 0.3) is 31.3 Å². The Bertz CT molecular complexity index is 2640. The molecule has 0 aliphatic carbocycles. The van der Waals surface area contributed by atoms with E-state index in [1.807, 2.05) is 20.8 Å². The van der Waals surface area contributed by atoms with Gasteiger partial charge in [-0.25, -0.2) is 0 Å². The second-order valence-electron chi connectivity index (χ2n) is 25.6. The first-order valence-electron chi connectivity index (χ1n) is 24.5. The van der Waals surface area contributed by atoms with Crippen LogP contribution >= 0.6 is 42.6 Å². The Labute approximate surface area is 434 Å². The van der Waals surface area contributed by atoms with Gasteiger partial charge in [0.25, 0.3) is 0 Å². The van der Waals surface area contributed by atoms with E-state index in [2.05, 4.69) is 182 Å². The molecule has 3 aromatic heterocycles. The molecule has 0 aliphatic heterocycles. The summed E-state index contributed by atoms with van der Waals surface area (Å²) in [5.41, 5.74) is 10.2. The number of benzene rings is 3. The number of aromatic hydroxyl groups is 3. The van der Waals surface area contributed by atoms with E-state index in [-0.39, 0.29) is 32.5 Å². The molecule has 3 heterocycles. The predicted octanol–water partition coefficient (Wildman–Crippen LogP) is 19.4. The first-order valence-corrected chi connectivity index (χ1v) is 28.1. The summed E-state index contributed by atoms with van der Waals surface area (Å²) in [5, 5.41) is 34.2. The van der Waals surface area contributed by atoms with Crippen LogP contribution in [0.2, 0.25) is 0 Å². The lowest BCUT2D eigenvalue weighted by atomic mass is 9.81. The minimum atomic E-state index is -2.20. The molecule has 70 heavy (non-hydrogen) atoms. The Morgan fingerprint density at radius 3 is 0.743 bits per heavy atom. The van der Waals surface area contributed by atoms with Gasteiger partial charge in [-0.15, -0.1) is 34.0 Å². The van der Waals surface area contributed by atoms with Gasteiger partial charge in [0.15, 0.2) is 0 Å². The highest BCUT2D eigenvalue weighted by molar-refractivity contribution is 7.43. The van der Waals surface area contributed by atoms with Crippen molar-refractivity contribution in [1.29, 1.82) is 0 Å². The van der Waals surface area contributed by atoms with Crippen molar-refractivity contribution in [1.82, 2.24) is 0 Å². The molecule has 6 aromatic rings. The van der Waals surface area contributed by atoms with Crippen LogP contribution in [0.5, 0.6) is 34.5 Å².